The van der Waals surface area contributed by atoms with Gasteiger partial charge in [-0.1, -0.05) is 30.3 Å². The van der Waals surface area contributed by atoms with Crippen LogP contribution >= 0.6 is 0 Å². The smallest absolute Gasteiger partial charge is 0.343 e. The van der Waals surface area contributed by atoms with Crippen molar-refractivity contribution in [2.75, 3.05) is 31.8 Å². The van der Waals surface area contributed by atoms with E-state index in [1.807, 2.05) is 43.6 Å². The van der Waals surface area contributed by atoms with Crippen LogP contribution in [-0.2, 0) is 16.0 Å². The molecule has 5 heterocycles. The number of hydrogen-bond acceptors (Lipinski definition) is 7. The fourth-order valence-electron chi connectivity index (χ4n) is 4.95. The predicted molar refractivity (Wildman–Crippen MR) is 140 cm³/mol. The molecule has 0 saturated carbocycles. The normalized spacial score (nSPS) is 15.5. The Balaban J connectivity index is 1.47. The molecule has 0 amide bonds. The summed E-state index contributed by atoms with van der Waals surface area (Å²) in [6.45, 7) is 4.17. The van der Waals surface area contributed by atoms with Crippen LogP contribution in [0.15, 0.2) is 67.1 Å². The van der Waals surface area contributed by atoms with Crippen molar-refractivity contribution in [3.05, 3.63) is 78.2 Å². The summed E-state index contributed by atoms with van der Waals surface area (Å²) >= 11 is 0. The SMILES string of the molecule is CCOC(=O)c1cnn2c(N(C)Cc3ccccc3)cc(-c3cnc4n([C@H]5CCOC5)cccc3-4)nc12. The van der Waals surface area contributed by atoms with Crippen molar-refractivity contribution in [1.82, 2.24) is 24.1 Å². The largest absolute Gasteiger partial charge is 0.462 e. The van der Waals surface area contributed by atoms with Gasteiger partial charge in [-0.25, -0.2) is 14.8 Å². The molecule has 1 aromatic carbocycles. The first-order valence-electron chi connectivity index (χ1n) is 12.5. The molecule has 0 spiro atoms. The second kappa shape index (κ2) is 9.67. The number of aromatic nitrogens is 5. The maximum atomic E-state index is 12.7. The molecule has 1 fully saturated rings. The van der Waals surface area contributed by atoms with Gasteiger partial charge in [0.05, 0.1) is 31.1 Å². The number of hydrogen-bond donors (Lipinski definition) is 0. The predicted octanol–water partition coefficient (Wildman–Crippen LogP) is 4.47. The summed E-state index contributed by atoms with van der Waals surface area (Å²) in [7, 11) is 2.01. The minimum Gasteiger partial charge on any atom is -0.462 e. The molecule has 0 aliphatic carbocycles. The number of nitrogens with zero attached hydrogens (tertiary/aromatic N) is 6. The highest BCUT2D eigenvalue weighted by atomic mass is 16.5. The zero-order chi connectivity index (χ0) is 25.4. The fourth-order valence-corrected chi connectivity index (χ4v) is 4.95. The third-order valence-corrected chi connectivity index (χ3v) is 6.78. The first-order valence-corrected chi connectivity index (χ1v) is 12.5. The highest BCUT2D eigenvalue weighted by molar-refractivity contribution is 5.96. The molecule has 37 heavy (non-hydrogen) atoms. The number of benzene rings is 1. The summed E-state index contributed by atoms with van der Waals surface area (Å²) in [4.78, 5) is 24.5. The molecule has 3 aromatic rings. The number of carbonyl (C=O) groups excluding carboxylic acids is 1. The Morgan fingerprint density at radius 1 is 1.16 bits per heavy atom. The van der Waals surface area contributed by atoms with Crippen molar-refractivity contribution >= 4 is 17.4 Å². The zero-order valence-electron chi connectivity index (χ0n) is 20.9. The molecule has 9 nitrogen and oxygen atoms in total. The van der Waals surface area contributed by atoms with E-state index in [2.05, 4.69) is 39.0 Å². The van der Waals surface area contributed by atoms with Crippen LogP contribution in [-0.4, -0.2) is 57.0 Å². The van der Waals surface area contributed by atoms with Crippen molar-refractivity contribution < 1.29 is 14.3 Å². The minimum atomic E-state index is -0.441. The second-order valence-corrected chi connectivity index (χ2v) is 9.20. The number of esters is 1. The van der Waals surface area contributed by atoms with Crippen molar-refractivity contribution in [3.8, 4) is 22.6 Å². The quantitative estimate of drug-likeness (QED) is 0.307. The van der Waals surface area contributed by atoms with Crippen LogP contribution in [0.3, 0.4) is 0 Å². The first kappa shape index (κ1) is 23.2. The second-order valence-electron chi connectivity index (χ2n) is 9.20. The van der Waals surface area contributed by atoms with Crippen molar-refractivity contribution in [1.29, 1.82) is 0 Å². The molecule has 0 radical (unpaired) electrons. The minimum absolute atomic E-state index is 0.264. The number of pyridine rings is 1. The van der Waals surface area contributed by atoms with Crippen molar-refractivity contribution in [2.24, 2.45) is 0 Å². The van der Waals surface area contributed by atoms with E-state index in [0.717, 1.165) is 47.1 Å². The molecule has 3 aliphatic heterocycles. The summed E-state index contributed by atoms with van der Waals surface area (Å²) in [6.07, 6.45) is 6.41. The van der Waals surface area contributed by atoms with Gasteiger partial charge in [0, 0.05) is 49.8 Å². The van der Waals surface area contributed by atoms with Gasteiger partial charge < -0.3 is 18.9 Å². The third-order valence-electron chi connectivity index (χ3n) is 6.78. The van der Waals surface area contributed by atoms with E-state index in [1.165, 1.54) is 6.20 Å². The van der Waals surface area contributed by atoms with Crippen LogP contribution in [0.2, 0.25) is 0 Å². The summed E-state index contributed by atoms with van der Waals surface area (Å²) in [6, 6.07) is 16.6. The van der Waals surface area contributed by atoms with E-state index in [4.69, 9.17) is 19.4 Å². The molecule has 0 unspecified atom stereocenters. The molecule has 1 saturated heterocycles. The Bertz CT molecular complexity index is 1520. The van der Waals surface area contributed by atoms with Crippen LogP contribution in [0.1, 0.15) is 35.3 Å². The van der Waals surface area contributed by atoms with E-state index >= 15 is 0 Å². The van der Waals surface area contributed by atoms with Gasteiger partial charge in [-0.3, -0.25) is 0 Å². The topological polar surface area (TPSA) is 86.8 Å². The summed E-state index contributed by atoms with van der Waals surface area (Å²) in [5.41, 5.74) is 4.57. The van der Waals surface area contributed by atoms with Crippen LogP contribution in [0.5, 0.6) is 0 Å². The molecule has 0 bridgehead atoms. The lowest BCUT2D eigenvalue weighted by atomic mass is 10.1. The van der Waals surface area contributed by atoms with E-state index < -0.39 is 5.97 Å². The number of carbonyl (C=O) groups is 1. The van der Waals surface area contributed by atoms with Gasteiger partial charge >= 0.3 is 5.97 Å². The lowest BCUT2D eigenvalue weighted by molar-refractivity contribution is 0.0528. The van der Waals surface area contributed by atoms with Gasteiger partial charge in [0.2, 0.25) is 0 Å². The Hall–Kier alpha value is -4.24. The molecule has 2 aromatic heterocycles. The van der Waals surface area contributed by atoms with Crippen LogP contribution in [0.25, 0.3) is 28.3 Å². The number of fused-ring (bicyclic) bond motifs is 2. The van der Waals surface area contributed by atoms with Gasteiger partial charge in [-0.2, -0.15) is 9.61 Å². The molecular weight excluding hydrogens is 468 g/mol. The number of ether oxygens (including phenoxy) is 2. The maximum absolute atomic E-state index is 12.7. The van der Waals surface area contributed by atoms with Gasteiger partial charge in [-0.15, -0.1) is 0 Å². The zero-order valence-corrected chi connectivity index (χ0v) is 20.9. The van der Waals surface area contributed by atoms with Gasteiger partial charge in [0.15, 0.2) is 5.65 Å². The standard InChI is InChI=1S/C28H28N6O3/c1-3-37-28(35)23-16-30-34-25(32(2)17-19-8-5-4-6-9-19)14-24(31-27(23)34)22-15-29-26-21(22)10-7-12-33(26)20-11-13-36-18-20/h4-10,12,14-16,20H,3,11,13,17-18H2,1-2H3/t20-/m0/s1. The molecular formula is C28H28N6O3. The molecule has 3 aliphatic rings. The molecule has 6 rings (SSSR count). The Morgan fingerprint density at radius 3 is 2.81 bits per heavy atom. The molecule has 188 valence electrons. The molecule has 9 heteroatoms. The highest BCUT2D eigenvalue weighted by Crippen LogP contribution is 2.37. The van der Waals surface area contributed by atoms with E-state index in [9.17, 15) is 4.79 Å². The van der Waals surface area contributed by atoms with Crippen LogP contribution < -0.4 is 4.90 Å². The third kappa shape index (κ3) is 4.21. The molecule has 1 atom stereocenters. The van der Waals surface area contributed by atoms with E-state index in [0.29, 0.717) is 24.4 Å². The lowest BCUT2D eigenvalue weighted by Crippen LogP contribution is -2.20. The van der Waals surface area contributed by atoms with E-state index in [1.54, 1.807) is 11.4 Å². The highest BCUT2D eigenvalue weighted by Gasteiger charge is 2.26. The van der Waals surface area contributed by atoms with Gasteiger partial charge in [0.25, 0.3) is 0 Å². The Morgan fingerprint density at radius 2 is 2.03 bits per heavy atom. The number of anilines is 1. The van der Waals surface area contributed by atoms with Crippen LogP contribution in [0.4, 0.5) is 5.82 Å². The van der Waals surface area contributed by atoms with Gasteiger partial charge in [0.1, 0.15) is 17.2 Å². The number of rotatable bonds is 7. The van der Waals surface area contributed by atoms with Gasteiger partial charge in [-0.05, 0) is 31.0 Å². The average molecular weight is 497 g/mol. The monoisotopic (exact) mass is 496 g/mol. The average Bonchev–Trinajstić information content (AvgIpc) is 3.68. The Labute approximate surface area is 214 Å². The first-order chi connectivity index (χ1) is 18.1. The molecule has 0 N–H and O–H groups in total. The lowest BCUT2D eigenvalue weighted by Gasteiger charge is -2.21. The van der Waals surface area contributed by atoms with Crippen LogP contribution in [0, 0.1) is 0 Å². The summed E-state index contributed by atoms with van der Waals surface area (Å²) in [5, 5.41) is 4.51. The van der Waals surface area contributed by atoms with Crippen molar-refractivity contribution in [2.45, 2.75) is 25.9 Å². The van der Waals surface area contributed by atoms with Crippen molar-refractivity contribution in [3.63, 3.8) is 0 Å². The summed E-state index contributed by atoms with van der Waals surface area (Å²) in [5.74, 6) is 1.26. The summed E-state index contributed by atoms with van der Waals surface area (Å²) < 4.78 is 14.8. The Kier molecular flexibility index (Phi) is 6.05. The maximum Gasteiger partial charge on any atom is 0.343 e. The van der Waals surface area contributed by atoms with E-state index in [-0.39, 0.29) is 12.6 Å². The fraction of sp³-hybridized carbons (Fsp3) is 0.286.